The summed E-state index contributed by atoms with van der Waals surface area (Å²) in [5.74, 6) is 2.16. The van der Waals surface area contributed by atoms with Crippen LogP contribution >= 0.6 is 0 Å². The third kappa shape index (κ3) is 3.56. The zero-order valence-electron chi connectivity index (χ0n) is 14.1. The van der Waals surface area contributed by atoms with Gasteiger partial charge in [-0.05, 0) is 34.4 Å². The number of hydrogen-bond donors (Lipinski definition) is 0. The molecule has 0 saturated carbocycles. The van der Waals surface area contributed by atoms with E-state index in [9.17, 15) is 0 Å². The van der Waals surface area contributed by atoms with Crippen molar-refractivity contribution in [3.63, 3.8) is 0 Å². The lowest BCUT2D eigenvalue weighted by molar-refractivity contribution is 0.310. The summed E-state index contributed by atoms with van der Waals surface area (Å²) in [6, 6.07) is 23.3. The van der Waals surface area contributed by atoms with Gasteiger partial charge in [0.15, 0.2) is 0 Å². The van der Waals surface area contributed by atoms with Gasteiger partial charge in [-0.15, -0.1) is 0 Å². The molecule has 1 unspecified atom stereocenters. The Bertz CT molecular complexity index is 774. The highest BCUT2D eigenvalue weighted by molar-refractivity contribution is 5.89. The van der Waals surface area contributed by atoms with Gasteiger partial charge in [-0.3, -0.25) is 0 Å². The summed E-state index contributed by atoms with van der Waals surface area (Å²) >= 11 is 0. The highest BCUT2D eigenvalue weighted by Gasteiger charge is 2.11. The van der Waals surface area contributed by atoms with E-state index in [0.717, 1.165) is 5.75 Å². The maximum absolute atomic E-state index is 6.05. The minimum atomic E-state index is 0.563. The van der Waals surface area contributed by atoms with E-state index < -0.39 is 0 Å². The quantitative estimate of drug-likeness (QED) is 0.547. The molecule has 1 heteroatoms. The molecule has 0 heterocycles. The van der Waals surface area contributed by atoms with Crippen LogP contribution in [0.1, 0.15) is 37.8 Å². The molecule has 1 atom stereocenters. The van der Waals surface area contributed by atoms with E-state index in [1.54, 1.807) is 0 Å². The van der Waals surface area contributed by atoms with E-state index >= 15 is 0 Å². The van der Waals surface area contributed by atoms with Crippen molar-refractivity contribution in [2.24, 2.45) is 5.92 Å². The smallest absolute Gasteiger partial charge is 0.127 e. The lowest BCUT2D eigenvalue weighted by atomic mass is 9.89. The van der Waals surface area contributed by atoms with E-state index in [1.165, 1.54) is 21.9 Å². The average Bonchev–Trinajstić information content (AvgIpc) is 2.59. The lowest BCUT2D eigenvalue weighted by Crippen LogP contribution is -2.02. The summed E-state index contributed by atoms with van der Waals surface area (Å²) in [6.07, 6.45) is 0. The van der Waals surface area contributed by atoms with Gasteiger partial charge in [0.1, 0.15) is 12.4 Å². The largest absolute Gasteiger partial charge is 0.488 e. The zero-order valence-corrected chi connectivity index (χ0v) is 14.1. The van der Waals surface area contributed by atoms with Crippen LogP contribution in [0, 0.1) is 5.92 Å². The number of benzene rings is 3. The van der Waals surface area contributed by atoms with Gasteiger partial charge in [0, 0.05) is 5.39 Å². The Morgan fingerprint density at radius 2 is 1.61 bits per heavy atom. The first-order chi connectivity index (χ1) is 11.1. The van der Waals surface area contributed by atoms with Crippen molar-refractivity contribution in [1.29, 1.82) is 0 Å². The highest BCUT2D eigenvalue weighted by Crippen LogP contribution is 2.31. The summed E-state index contributed by atoms with van der Waals surface area (Å²) in [7, 11) is 0. The molecule has 0 spiro atoms. The van der Waals surface area contributed by atoms with Crippen molar-refractivity contribution in [2.75, 3.05) is 0 Å². The minimum Gasteiger partial charge on any atom is -0.488 e. The van der Waals surface area contributed by atoms with E-state index in [2.05, 4.69) is 69.3 Å². The van der Waals surface area contributed by atoms with Gasteiger partial charge in [-0.2, -0.15) is 0 Å². The van der Waals surface area contributed by atoms with Gasteiger partial charge in [0.05, 0.1) is 0 Å². The van der Waals surface area contributed by atoms with Crippen molar-refractivity contribution in [1.82, 2.24) is 0 Å². The monoisotopic (exact) mass is 304 g/mol. The zero-order chi connectivity index (χ0) is 16.2. The van der Waals surface area contributed by atoms with Crippen LogP contribution in [-0.2, 0) is 6.61 Å². The first-order valence-electron chi connectivity index (χ1n) is 8.34. The van der Waals surface area contributed by atoms with Gasteiger partial charge >= 0.3 is 0 Å². The molecular formula is C22H24O. The first kappa shape index (κ1) is 15.6. The molecule has 3 aromatic carbocycles. The summed E-state index contributed by atoms with van der Waals surface area (Å²) in [4.78, 5) is 0. The molecule has 23 heavy (non-hydrogen) atoms. The van der Waals surface area contributed by atoms with Crippen molar-refractivity contribution in [3.8, 4) is 5.75 Å². The van der Waals surface area contributed by atoms with Crippen LogP contribution in [-0.4, -0.2) is 0 Å². The van der Waals surface area contributed by atoms with E-state index in [0.29, 0.717) is 18.4 Å². The Kier molecular flexibility index (Phi) is 4.66. The normalized spacial score (nSPS) is 12.5. The van der Waals surface area contributed by atoms with Crippen LogP contribution in [0.25, 0.3) is 10.8 Å². The molecule has 0 aromatic heterocycles. The maximum Gasteiger partial charge on any atom is 0.127 e. The molecule has 118 valence electrons. The number of fused-ring (bicyclic) bond motifs is 1. The molecule has 0 radical (unpaired) electrons. The Morgan fingerprint density at radius 3 is 2.35 bits per heavy atom. The standard InChI is InChI=1S/C22H24O/c1-16(2)17(3)19-12-13-21-20(14-19)10-7-11-22(21)23-15-18-8-5-4-6-9-18/h4-14,16-17H,15H2,1-3H3. The third-order valence-corrected chi connectivity index (χ3v) is 4.63. The van der Waals surface area contributed by atoms with Crippen molar-refractivity contribution in [2.45, 2.75) is 33.3 Å². The van der Waals surface area contributed by atoms with Crippen LogP contribution in [0.4, 0.5) is 0 Å². The molecule has 0 saturated heterocycles. The molecule has 0 bridgehead atoms. The third-order valence-electron chi connectivity index (χ3n) is 4.63. The summed E-state index contributed by atoms with van der Waals surface area (Å²) < 4.78 is 6.05. The van der Waals surface area contributed by atoms with Crippen molar-refractivity contribution >= 4 is 10.8 Å². The van der Waals surface area contributed by atoms with E-state index in [-0.39, 0.29) is 0 Å². The second-order valence-corrected chi connectivity index (χ2v) is 6.54. The van der Waals surface area contributed by atoms with Crippen LogP contribution in [0.3, 0.4) is 0 Å². The summed E-state index contributed by atoms with van der Waals surface area (Å²) in [6.45, 7) is 7.44. The molecule has 0 N–H and O–H groups in total. The fraction of sp³-hybridized carbons (Fsp3) is 0.273. The second kappa shape index (κ2) is 6.87. The Morgan fingerprint density at radius 1 is 0.826 bits per heavy atom. The fourth-order valence-corrected chi connectivity index (χ4v) is 2.80. The van der Waals surface area contributed by atoms with Crippen LogP contribution in [0.2, 0.25) is 0 Å². The molecule has 0 fully saturated rings. The molecule has 1 nitrogen and oxygen atoms in total. The molecule has 0 amide bonds. The molecular weight excluding hydrogens is 280 g/mol. The molecule has 0 aliphatic heterocycles. The Balaban J connectivity index is 1.87. The SMILES string of the molecule is CC(C)C(C)c1ccc2c(OCc3ccccc3)cccc2c1. The number of rotatable bonds is 5. The average molecular weight is 304 g/mol. The van der Waals surface area contributed by atoms with Crippen molar-refractivity contribution in [3.05, 3.63) is 77.9 Å². The maximum atomic E-state index is 6.05. The summed E-state index contributed by atoms with van der Waals surface area (Å²) in [5.41, 5.74) is 2.59. The predicted molar refractivity (Wildman–Crippen MR) is 98.0 cm³/mol. The molecule has 3 aromatic rings. The van der Waals surface area contributed by atoms with Crippen molar-refractivity contribution < 1.29 is 4.74 Å². The fourth-order valence-electron chi connectivity index (χ4n) is 2.80. The van der Waals surface area contributed by atoms with Gasteiger partial charge in [0.2, 0.25) is 0 Å². The first-order valence-corrected chi connectivity index (χ1v) is 8.34. The summed E-state index contributed by atoms with van der Waals surface area (Å²) in [5, 5.41) is 2.43. The lowest BCUT2D eigenvalue weighted by Gasteiger charge is -2.17. The molecule has 0 aliphatic carbocycles. The van der Waals surface area contributed by atoms with Gasteiger partial charge < -0.3 is 4.74 Å². The van der Waals surface area contributed by atoms with Crippen LogP contribution in [0.15, 0.2) is 66.7 Å². The number of hydrogen-bond acceptors (Lipinski definition) is 1. The number of ether oxygens (including phenoxy) is 1. The minimum absolute atomic E-state index is 0.563. The topological polar surface area (TPSA) is 9.23 Å². The van der Waals surface area contributed by atoms with Crippen LogP contribution < -0.4 is 4.74 Å². The molecule has 3 rings (SSSR count). The van der Waals surface area contributed by atoms with Gasteiger partial charge in [-0.1, -0.05) is 81.4 Å². The highest BCUT2D eigenvalue weighted by atomic mass is 16.5. The van der Waals surface area contributed by atoms with E-state index in [1.807, 2.05) is 18.2 Å². The Hall–Kier alpha value is -2.28. The molecule has 0 aliphatic rings. The van der Waals surface area contributed by atoms with Crippen LogP contribution in [0.5, 0.6) is 5.75 Å². The van der Waals surface area contributed by atoms with E-state index in [4.69, 9.17) is 4.74 Å². The predicted octanol–water partition coefficient (Wildman–Crippen LogP) is 6.18. The van der Waals surface area contributed by atoms with Gasteiger partial charge in [0.25, 0.3) is 0 Å². The second-order valence-electron chi connectivity index (χ2n) is 6.54. The Labute approximate surface area is 138 Å². The van der Waals surface area contributed by atoms with Gasteiger partial charge in [-0.25, -0.2) is 0 Å².